The summed E-state index contributed by atoms with van der Waals surface area (Å²) >= 11 is 0. The molecule has 2 aromatic rings. The van der Waals surface area contributed by atoms with Gasteiger partial charge < -0.3 is 30.2 Å². The molecular formula is C21H23N3O6. The molecule has 0 unspecified atom stereocenters. The van der Waals surface area contributed by atoms with Gasteiger partial charge in [0.05, 0.1) is 6.42 Å². The number of benzene rings is 2. The van der Waals surface area contributed by atoms with E-state index in [2.05, 4.69) is 16.0 Å². The highest BCUT2D eigenvalue weighted by molar-refractivity contribution is 5.89. The molecule has 9 nitrogen and oxygen atoms in total. The fourth-order valence-corrected chi connectivity index (χ4v) is 2.67. The number of hydrogen-bond acceptors (Lipinski definition) is 6. The van der Waals surface area contributed by atoms with Crippen molar-refractivity contribution in [3.63, 3.8) is 0 Å². The zero-order valence-electron chi connectivity index (χ0n) is 16.5. The Morgan fingerprint density at radius 1 is 1.03 bits per heavy atom. The third-order valence-corrected chi connectivity index (χ3v) is 4.23. The van der Waals surface area contributed by atoms with Crippen LogP contribution in [0.1, 0.15) is 18.9 Å². The van der Waals surface area contributed by atoms with Gasteiger partial charge in [-0.15, -0.1) is 0 Å². The van der Waals surface area contributed by atoms with Crippen LogP contribution in [0.15, 0.2) is 48.5 Å². The first kappa shape index (κ1) is 21.0. The van der Waals surface area contributed by atoms with Crippen LogP contribution in [-0.2, 0) is 20.9 Å². The summed E-state index contributed by atoms with van der Waals surface area (Å²) in [6.07, 6.45) is -1.01. The number of nitrogens with one attached hydrogen (secondary N) is 3. The van der Waals surface area contributed by atoms with Crippen LogP contribution >= 0.6 is 0 Å². The second kappa shape index (κ2) is 10.1. The number of urea groups is 1. The average Bonchev–Trinajstić information content (AvgIpc) is 3.20. The van der Waals surface area contributed by atoms with E-state index in [1.165, 1.54) is 6.92 Å². The Morgan fingerprint density at radius 2 is 1.80 bits per heavy atom. The van der Waals surface area contributed by atoms with Crippen LogP contribution < -0.4 is 25.4 Å². The number of carbonyl (C=O) groups excluding carboxylic acids is 3. The van der Waals surface area contributed by atoms with Crippen LogP contribution in [0.5, 0.6) is 11.5 Å². The van der Waals surface area contributed by atoms with Crippen LogP contribution in [0.4, 0.5) is 10.5 Å². The van der Waals surface area contributed by atoms with Gasteiger partial charge in [-0.25, -0.2) is 4.79 Å². The minimum Gasteiger partial charge on any atom is -0.454 e. The Hall–Kier alpha value is -3.75. The van der Waals surface area contributed by atoms with E-state index in [0.717, 1.165) is 5.56 Å². The lowest BCUT2D eigenvalue weighted by Gasteiger charge is -2.14. The monoisotopic (exact) mass is 413 g/mol. The van der Waals surface area contributed by atoms with Crippen molar-refractivity contribution in [3.05, 3.63) is 54.1 Å². The second-order valence-electron chi connectivity index (χ2n) is 6.53. The molecule has 3 rings (SSSR count). The first-order valence-corrected chi connectivity index (χ1v) is 9.47. The molecule has 0 radical (unpaired) electrons. The van der Waals surface area contributed by atoms with E-state index in [0.29, 0.717) is 17.2 Å². The molecule has 1 aliphatic heterocycles. The molecule has 0 spiro atoms. The van der Waals surface area contributed by atoms with Gasteiger partial charge in [0.1, 0.15) is 0 Å². The van der Waals surface area contributed by atoms with Crippen molar-refractivity contribution in [2.75, 3.05) is 18.7 Å². The van der Waals surface area contributed by atoms with Gasteiger partial charge in [0, 0.05) is 18.8 Å². The molecule has 1 heterocycles. The molecule has 2 aromatic carbocycles. The van der Waals surface area contributed by atoms with Gasteiger partial charge in [0.2, 0.25) is 6.79 Å². The van der Waals surface area contributed by atoms with E-state index in [9.17, 15) is 14.4 Å². The molecule has 158 valence electrons. The summed E-state index contributed by atoms with van der Waals surface area (Å²) in [5, 5.41) is 7.90. The predicted octanol–water partition coefficient (Wildman–Crippen LogP) is 2.17. The van der Waals surface area contributed by atoms with Crippen molar-refractivity contribution in [3.8, 4) is 11.5 Å². The maximum Gasteiger partial charge on any atom is 0.319 e. The predicted molar refractivity (Wildman–Crippen MR) is 108 cm³/mol. The number of rotatable bonds is 8. The first-order valence-electron chi connectivity index (χ1n) is 9.47. The molecule has 0 aliphatic carbocycles. The molecule has 9 heteroatoms. The lowest BCUT2D eigenvalue weighted by Crippen LogP contribution is -2.36. The van der Waals surface area contributed by atoms with Crippen LogP contribution in [-0.4, -0.2) is 37.3 Å². The lowest BCUT2D eigenvalue weighted by molar-refractivity contribution is -0.154. The highest BCUT2D eigenvalue weighted by Crippen LogP contribution is 2.32. The molecule has 0 aromatic heterocycles. The Labute approximate surface area is 173 Å². The van der Waals surface area contributed by atoms with E-state index < -0.39 is 24.0 Å². The van der Waals surface area contributed by atoms with Crippen LogP contribution in [0.25, 0.3) is 0 Å². The van der Waals surface area contributed by atoms with Crippen molar-refractivity contribution >= 4 is 23.6 Å². The van der Waals surface area contributed by atoms with Gasteiger partial charge in [-0.2, -0.15) is 0 Å². The zero-order valence-corrected chi connectivity index (χ0v) is 16.5. The molecule has 30 heavy (non-hydrogen) atoms. The third kappa shape index (κ3) is 6.13. The summed E-state index contributed by atoms with van der Waals surface area (Å²) in [4.78, 5) is 35.8. The molecule has 3 N–H and O–H groups in total. The first-order chi connectivity index (χ1) is 14.5. The quantitative estimate of drug-likeness (QED) is 0.572. The van der Waals surface area contributed by atoms with Crippen LogP contribution in [0, 0.1) is 0 Å². The molecule has 3 amide bonds. The van der Waals surface area contributed by atoms with Gasteiger partial charge >= 0.3 is 12.0 Å². The second-order valence-corrected chi connectivity index (χ2v) is 6.53. The van der Waals surface area contributed by atoms with Gasteiger partial charge in [-0.3, -0.25) is 9.59 Å². The molecule has 0 fully saturated rings. The van der Waals surface area contributed by atoms with Crippen LogP contribution in [0.2, 0.25) is 0 Å². The summed E-state index contributed by atoms with van der Waals surface area (Å²) < 4.78 is 15.6. The van der Waals surface area contributed by atoms with Crippen LogP contribution in [0.3, 0.4) is 0 Å². The number of hydrogen-bond donors (Lipinski definition) is 3. The smallest absolute Gasteiger partial charge is 0.319 e. The number of ether oxygens (including phenoxy) is 3. The standard InChI is InChI=1S/C21H23N3O6/c1-14(20(26)23-12-15-7-8-17-18(11-15)29-13-28-17)30-19(25)9-10-22-21(27)24-16-5-3-2-4-6-16/h2-8,11,14H,9-10,12-13H2,1H3,(H,23,26)(H2,22,24,27)/t14-/m0/s1. The van der Waals surface area contributed by atoms with E-state index in [4.69, 9.17) is 14.2 Å². The number of esters is 1. The van der Waals surface area contributed by atoms with Crippen molar-refractivity contribution < 1.29 is 28.6 Å². The average molecular weight is 413 g/mol. The molecule has 0 bridgehead atoms. The summed E-state index contributed by atoms with van der Waals surface area (Å²) in [6.45, 7) is 2.02. The number of carbonyl (C=O) groups is 3. The number of para-hydroxylation sites is 1. The van der Waals surface area contributed by atoms with E-state index in [-0.39, 0.29) is 26.3 Å². The molecule has 0 saturated heterocycles. The number of anilines is 1. The van der Waals surface area contributed by atoms with Gasteiger partial charge in [-0.1, -0.05) is 24.3 Å². The highest BCUT2D eigenvalue weighted by Gasteiger charge is 2.18. The topological polar surface area (TPSA) is 115 Å². The Bertz CT molecular complexity index is 903. The Balaban J connectivity index is 1.33. The maximum absolute atomic E-state index is 12.1. The minimum atomic E-state index is -0.954. The van der Waals surface area contributed by atoms with Crippen molar-refractivity contribution in [1.29, 1.82) is 0 Å². The number of amides is 3. The highest BCUT2D eigenvalue weighted by atomic mass is 16.7. The van der Waals surface area contributed by atoms with Crippen molar-refractivity contribution in [2.45, 2.75) is 26.0 Å². The summed E-state index contributed by atoms with van der Waals surface area (Å²) in [5.74, 6) is 0.292. The number of fused-ring (bicyclic) bond motifs is 1. The molecule has 0 saturated carbocycles. The molecule has 1 atom stereocenters. The third-order valence-electron chi connectivity index (χ3n) is 4.23. The SMILES string of the molecule is C[C@H](OC(=O)CCNC(=O)Nc1ccccc1)C(=O)NCc1ccc2c(c1)OCO2. The van der Waals surface area contributed by atoms with Crippen molar-refractivity contribution in [1.82, 2.24) is 10.6 Å². The zero-order chi connectivity index (χ0) is 21.3. The van der Waals surface area contributed by atoms with E-state index in [1.807, 2.05) is 12.1 Å². The minimum absolute atomic E-state index is 0.0536. The Morgan fingerprint density at radius 3 is 2.60 bits per heavy atom. The molecule has 1 aliphatic rings. The largest absolute Gasteiger partial charge is 0.454 e. The van der Waals surface area contributed by atoms with E-state index >= 15 is 0 Å². The summed E-state index contributed by atoms with van der Waals surface area (Å²) in [5.41, 5.74) is 1.48. The van der Waals surface area contributed by atoms with Gasteiger partial charge in [0.25, 0.3) is 5.91 Å². The Kier molecular flexibility index (Phi) is 7.09. The van der Waals surface area contributed by atoms with Gasteiger partial charge in [-0.05, 0) is 36.8 Å². The normalized spacial score (nSPS) is 12.6. The fraction of sp³-hybridized carbons (Fsp3) is 0.286. The lowest BCUT2D eigenvalue weighted by atomic mass is 10.2. The fourth-order valence-electron chi connectivity index (χ4n) is 2.67. The van der Waals surface area contributed by atoms with Gasteiger partial charge in [0.15, 0.2) is 17.6 Å². The summed E-state index contributed by atoms with van der Waals surface area (Å²) in [6, 6.07) is 13.9. The molecular weight excluding hydrogens is 390 g/mol. The summed E-state index contributed by atoms with van der Waals surface area (Å²) in [7, 11) is 0. The van der Waals surface area contributed by atoms with E-state index in [1.54, 1.807) is 36.4 Å². The maximum atomic E-state index is 12.1. The van der Waals surface area contributed by atoms with Crippen molar-refractivity contribution in [2.24, 2.45) is 0 Å².